The van der Waals surface area contributed by atoms with E-state index in [2.05, 4.69) is 0 Å². The zero-order valence-corrected chi connectivity index (χ0v) is 20.4. The number of hydrogen-bond acceptors (Lipinski definition) is 6. The highest BCUT2D eigenvalue weighted by Crippen LogP contribution is 2.45. The minimum absolute atomic E-state index is 0.0394. The lowest BCUT2D eigenvalue weighted by Crippen LogP contribution is -2.29. The Bertz CT molecular complexity index is 1260. The zero-order valence-electron chi connectivity index (χ0n) is 19.6. The molecule has 0 aliphatic carbocycles. The van der Waals surface area contributed by atoms with Gasteiger partial charge in [-0.05, 0) is 62.9 Å². The van der Waals surface area contributed by atoms with Gasteiger partial charge in [0.2, 0.25) is 0 Å². The molecule has 176 valence electrons. The maximum Gasteiger partial charge on any atom is 0.300 e. The Labute approximate surface area is 203 Å². The van der Waals surface area contributed by atoms with Crippen LogP contribution >= 0.6 is 11.3 Å². The molecule has 1 aliphatic heterocycles. The van der Waals surface area contributed by atoms with Crippen molar-refractivity contribution < 1.29 is 24.2 Å². The number of hydrogen-bond donors (Lipinski definition) is 1. The van der Waals surface area contributed by atoms with Crippen molar-refractivity contribution in [1.29, 1.82) is 0 Å². The number of anilines is 1. The first-order valence-corrected chi connectivity index (χ1v) is 12.1. The van der Waals surface area contributed by atoms with E-state index in [1.807, 2.05) is 63.4 Å². The minimum Gasteiger partial charge on any atom is -0.507 e. The number of aliphatic hydroxyl groups excluding tert-OH is 1. The Morgan fingerprint density at radius 3 is 2.44 bits per heavy atom. The Morgan fingerprint density at radius 2 is 1.79 bits per heavy atom. The van der Waals surface area contributed by atoms with E-state index in [1.54, 1.807) is 18.2 Å². The molecule has 1 amide bonds. The number of aryl methyl sites for hydroxylation is 2. The number of benzene rings is 2. The van der Waals surface area contributed by atoms with Gasteiger partial charge < -0.3 is 14.6 Å². The Hall–Kier alpha value is -3.58. The van der Waals surface area contributed by atoms with Gasteiger partial charge in [0.1, 0.15) is 23.3 Å². The van der Waals surface area contributed by atoms with Gasteiger partial charge in [-0.3, -0.25) is 14.5 Å². The fourth-order valence-corrected chi connectivity index (χ4v) is 5.07. The fourth-order valence-electron chi connectivity index (χ4n) is 4.25. The topological polar surface area (TPSA) is 76.1 Å². The van der Waals surface area contributed by atoms with Gasteiger partial charge in [-0.1, -0.05) is 23.8 Å². The van der Waals surface area contributed by atoms with Crippen LogP contribution < -0.4 is 14.4 Å². The maximum absolute atomic E-state index is 13.4. The molecule has 0 radical (unpaired) electrons. The average Bonchev–Trinajstić information content (AvgIpc) is 3.42. The number of carbonyl (C=O) groups excluding carboxylic acids is 2. The monoisotopic (exact) mass is 477 g/mol. The van der Waals surface area contributed by atoms with Crippen LogP contribution in [0.25, 0.3) is 5.76 Å². The van der Waals surface area contributed by atoms with Gasteiger partial charge in [-0.25, -0.2) is 0 Å². The summed E-state index contributed by atoms with van der Waals surface area (Å²) in [5, 5.41) is 13.3. The van der Waals surface area contributed by atoms with E-state index in [-0.39, 0.29) is 11.3 Å². The normalized spacial score (nSPS) is 17.3. The predicted octanol–water partition coefficient (Wildman–Crippen LogP) is 5.79. The summed E-state index contributed by atoms with van der Waals surface area (Å²) >= 11 is 1.43. The highest BCUT2D eigenvalue weighted by Gasteiger charge is 2.48. The van der Waals surface area contributed by atoms with E-state index in [0.29, 0.717) is 36.0 Å². The average molecular weight is 478 g/mol. The third kappa shape index (κ3) is 4.19. The molecule has 7 heteroatoms. The van der Waals surface area contributed by atoms with Crippen LogP contribution in [0.4, 0.5) is 5.69 Å². The molecule has 2 heterocycles. The van der Waals surface area contributed by atoms with Crippen LogP contribution in [0.1, 0.15) is 41.5 Å². The standard InChI is InChI=1S/C27H27NO5S/c1-5-32-18-10-11-19(21(15-18)33-6-2)25(29)23-24(22-8-7-13-34-22)28(27(31)26(23)30)20-12-9-16(3)14-17(20)4/h7-15,24,29H,5-6H2,1-4H3/b25-23-. The molecule has 0 saturated carbocycles. The summed E-state index contributed by atoms with van der Waals surface area (Å²) in [6, 6.07) is 13.8. The second kappa shape index (κ2) is 9.73. The molecule has 1 aromatic heterocycles. The molecule has 0 spiro atoms. The second-order valence-corrected chi connectivity index (χ2v) is 8.98. The SMILES string of the molecule is CCOc1ccc(/C(O)=C2/C(=O)C(=O)N(c3ccc(C)cc3C)C2c2cccs2)c(OCC)c1. The van der Waals surface area contributed by atoms with Crippen molar-refractivity contribution in [2.45, 2.75) is 33.7 Å². The van der Waals surface area contributed by atoms with Gasteiger partial charge in [0.25, 0.3) is 11.7 Å². The van der Waals surface area contributed by atoms with Crippen LogP contribution in [0.5, 0.6) is 11.5 Å². The number of carbonyl (C=O) groups is 2. The van der Waals surface area contributed by atoms with E-state index < -0.39 is 17.7 Å². The van der Waals surface area contributed by atoms with Gasteiger partial charge >= 0.3 is 0 Å². The molecule has 1 N–H and O–H groups in total. The molecule has 1 saturated heterocycles. The van der Waals surface area contributed by atoms with Crippen molar-refractivity contribution in [2.75, 3.05) is 18.1 Å². The molecule has 34 heavy (non-hydrogen) atoms. The van der Waals surface area contributed by atoms with Crippen molar-refractivity contribution in [2.24, 2.45) is 0 Å². The first kappa shape index (κ1) is 23.6. The molecule has 6 nitrogen and oxygen atoms in total. The summed E-state index contributed by atoms with van der Waals surface area (Å²) in [4.78, 5) is 29.0. The molecule has 2 aromatic carbocycles. The molecular weight excluding hydrogens is 450 g/mol. The van der Waals surface area contributed by atoms with Gasteiger partial charge in [0.05, 0.1) is 24.4 Å². The molecule has 0 bridgehead atoms. The minimum atomic E-state index is -0.748. The number of Topliss-reactive ketones (excluding diaryl/α,β-unsaturated/α-hetero) is 1. The smallest absolute Gasteiger partial charge is 0.300 e. The number of ketones is 1. The molecule has 1 unspecified atom stereocenters. The van der Waals surface area contributed by atoms with Gasteiger partial charge in [-0.2, -0.15) is 0 Å². The van der Waals surface area contributed by atoms with E-state index in [1.165, 1.54) is 16.2 Å². The molecule has 1 atom stereocenters. The molecule has 4 rings (SSSR count). The lowest BCUT2D eigenvalue weighted by Gasteiger charge is -2.26. The molecule has 3 aromatic rings. The summed E-state index contributed by atoms with van der Waals surface area (Å²) in [5.41, 5.74) is 2.95. The summed E-state index contributed by atoms with van der Waals surface area (Å²) < 4.78 is 11.3. The van der Waals surface area contributed by atoms with Crippen LogP contribution in [0.3, 0.4) is 0 Å². The first-order valence-electron chi connectivity index (χ1n) is 11.2. The van der Waals surface area contributed by atoms with Gasteiger partial charge in [0.15, 0.2) is 0 Å². The summed E-state index contributed by atoms with van der Waals surface area (Å²) in [5.74, 6) is -0.694. The molecular formula is C27H27NO5S. The van der Waals surface area contributed by atoms with Crippen molar-refractivity contribution in [1.82, 2.24) is 0 Å². The van der Waals surface area contributed by atoms with Crippen LogP contribution in [-0.2, 0) is 9.59 Å². The largest absolute Gasteiger partial charge is 0.507 e. The zero-order chi connectivity index (χ0) is 24.4. The van der Waals surface area contributed by atoms with Crippen LogP contribution in [0.2, 0.25) is 0 Å². The van der Waals surface area contributed by atoms with Crippen molar-refractivity contribution in [3.8, 4) is 11.5 Å². The number of nitrogens with zero attached hydrogens (tertiary/aromatic N) is 1. The number of thiophene rings is 1. The number of aliphatic hydroxyl groups is 1. The Balaban J connectivity index is 1.92. The lowest BCUT2D eigenvalue weighted by atomic mass is 9.98. The second-order valence-electron chi connectivity index (χ2n) is 8.00. The summed E-state index contributed by atoms with van der Waals surface area (Å²) in [6.45, 7) is 8.44. The number of ether oxygens (including phenoxy) is 2. The van der Waals surface area contributed by atoms with E-state index in [4.69, 9.17) is 9.47 Å². The first-order chi connectivity index (χ1) is 16.4. The fraction of sp³-hybridized carbons (Fsp3) is 0.259. The number of rotatable bonds is 7. The van der Waals surface area contributed by atoms with Crippen molar-refractivity contribution in [3.05, 3.63) is 81.1 Å². The number of amides is 1. The van der Waals surface area contributed by atoms with Crippen LogP contribution in [0, 0.1) is 13.8 Å². The van der Waals surface area contributed by atoms with Crippen molar-refractivity contribution >= 4 is 34.5 Å². The highest BCUT2D eigenvalue weighted by atomic mass is 32.1. The predicted molar refractivity (Wildman–Crippen MR) is 134 cm³/mol. The highest BCUT2D eigenvalue weighted by molar-refractivity contribution is 7.10. The quantitative estimate of drug-likeness (QED) is 0.265. The van der Waals surface area contributed by atoms with E-state index >= 15 is 0 Å². The molecule has 1 aliphatic rings. The summed E-state index contributed by atoms with van der Waals surface area (Å²) in [7, 11) is 0. The van der Waals surface area contributed by atoms with Gasteiger partial charge in [-0.15, -0.1) is 11.3 Å². The maximum atomic E-state index is 13.4. The molecule has 1 fully saturated rings. The van der Waals surface area contributed by atoms with Crippen molar-refractivity contribution in [3.63, 3.8) is 0 Å². The van der Waals surface area contributed by atoms with Crippen LogP contribution in [-0.4, -0.2) is 30.0 Å². The summed E-state index contributed by atoms with van der Waals surface area (Å²) in [6.07, 6.45) is 0. The third-order valence-corrected chi connectivity index (χ3v) is 6.61. The Morgan fingerprint density at radius 1 is 1.03 bits per heavy atom. The lowest BCUT2D eigenvalue weighted by molar-refractivity contribution is -0.132. The van der Waals surface area contributed by atoms with E-state index in [0.717, 1.165) is 16.0 Å². The van der Waals surface area contributed by atoms with Gasteiger partial charge in [0, 0.05) is 16.6 Å². The van der Waals surface area contributed by atoms with E-state index in [9.17, 15) is 14.7 Å². The third-order valence-electron chi connectivity index (χ3n) is 5.69. The van der Waals surface area contributed by atoms with Crippen LogP contribution in [0.15, 0.2) is 59.5 Å². The Kier molecular flexibility index (Phi) is 6.75.